The molecule has 5 heteroatoms. The van der Waals surface area contributed by atoms with Crippen molar-refractivity contribution in [2.45, 2.75) is 45.1 Å². The first-order valence-corrected chi connectivity index (χ1v) is 6.36. The number of anilines is 1. The van der Waals surface area contributed by atoms with Gasteiger partial charge in [0.05, 0.1) is 0 Å². The number of rotatable bonds is 4. The Kier molecular flexibility index (Phi) is 3.52. The Morgan fingerprint density at radius 3 is 2.72 bits per heavy atom. The van der Waals surface area contributed by atoms with E-state index in [2.05, 4.69) is 22.7 Å². The lowest BCUT2D eigenvalue weighted by molar-refractivity contribution is 0.0850. The van der Waals surface area contributed by atoms with Crippen LogP contribution in [0.5, 0.6) is 0 Å². The zero-order valence-electron chi connectivity index (χ0n) is 10.9. The third kappa shape index (κ3) is 2.61. The molecule has 1 fully saturated rings. The average Bonchev–Trinajstić information content (AvgIpc) is 2.36. The molecule has 0 bridgehead atoms. The monoisotopic (exact) mass is 248 g/mol. The highest BCUT2D eigenvalue weighted by Gasteiger charge is 2.33. The van der Waals surface area contributed by atoms with Crippen LogP contribution in [-0.2, 0) is 6.42 Å². The molecule has 98 valence electrons. The summed E-state index contributed by atoms with van der Waals surface area (Å²) in [5.74, 6) is 5.84. The fourth-order valence-corrected chi connectivity index (χ4v) is 2.15. The zero-order chi connectivity index (χ0) is 13.2. The SMILES string of the molecule is CCc1cc(C(=O)NC2(C)CCC2)cc(NN)n1. The van der Waals surface area contributed by atoms with Crippen molar-refractivity contribution in [1.82, 2.24) is 10.3 Å². The highest BCUT2D eigenvalue weighted by molar-refractivity contribution is 5.95. The van der Waals surface area contributed by atoms with Crippen LogP contribution in [0.25, 0.3) is 0 Å². The van der Waals surface area contributed by atoms with Gasteiger partial charge in [-0.2, -0.15) is 0 Å². The molecule has 1 amide bonds. The van der Waals surface area contributed by atoms with Crippen molar-refractivity contribution >= 4 is 11.7 Å². The van der Waals surface area contributed by atoms with Crippen molar-refractivity contribution in [3.8, 4) is 0 Å². The van der Waals surface area contributed by atoms with Gasteiger partial charge in [0, 0.05) is 16.8 Å². The van der Waals surface area contributed by atoms with Crippen LogP contribution in [0, 0.1) is 0 Å². The fraction of sp³-hybridized carbons (Fsp3) is 0.538. The lowest BCUT2D eigenvalue weighted by Gasteiger charge is -2.39. The van der Waals surface area contributed by atoms with Crippen LogP contribution in [0.3, 0.4) is 0 Å². The minimum Gasteiger partial charge on any atom is -0.347 e. The van der Waals surface area contributed by atoms with Gasteiger partial charge in [0.25, 0.3) is 5.91 Å². The smallest absolute Gasteiger partial charge is 0.251 e. The van der Waals surface area contributed by atoms with Gasteiger partial charge in [-0.05, 0) is 44.7 Å². The van der Waals surface area contributed by atoms with Crippen LogP contribution in [0.4, 0.5) is 5.82 Å². The molecule has 0 atom stereocenters. The summed E-state index contributed by atoms with van der Waals surface area (Å²) in [4.78, 5) is 16.4. The highest BCUT2D eigenvalue weighted by atomic mass is 16.1. The number of aromatic nitrogens is 1. The van der Waals surface area contributed by atoms with Crippen molar-refractivity contribution < 1.29 is 4.79 Å². The molecular formula is C13H20N4O. The maximum absolute atomic E-state index is 12.2. The van der Waals surface area contributed by atoms with E-state index in [1.165, 1.54) is 6.42 Å². The number of pyridine rings is 1. The molecule has 1 aliphatic carbocycles. The summed E-state index contributed by atoms with van der Waals surface area (Å²) in [7, 11) is 0. The molecule has 1 saturated carbocycles. The molecule has 1 aliphatic rings. The van der Waals surface area contributed by atoms with Crippen molar-refractivity contribution in [2.75, 3.05) is 5.43 Å². The van der Waals surface area contributed by atoms with E-state index >= 15 is 0 Å². The molecule has 0 unspecified atom stereocenters. The van der Waals surface area contributed by atoms with Gasteiger partial charge in [-0.1, -0.05) is 6.92 Å². The summed E-state index contributed by atoms with van der Waals surface area (Å²) < 4.78 is 0. The predicted octanol–water partition coefficient (Wildman–Crippen LogP) is 1.60. The summed E-state index contributed by atoms with van der Waals surface area (Å²) in [6.45, 7) is 4.08. The van der Waals surface area contributed by atoms with E-state index in [-0.39, 0.29) is 11.4 Å². The van der Waals surface area contributed by atoms with E-state index in [1.54, 1.807) is 6.07 Å². The number of nitrogens with zero attached hydrogens (tertiary/aromatic N) is 1. The Morgan fingerprint density at radius 2 is 2.22 bits per heavy atom. The molecule has 1 heterocycles. The van der Waals surface area contributed by atoms with Gasteiger partial charge >= 0.3 is 0 Å². The molecule has 18 heavy (non-hydrogen) atoms. The van der Waals surface area contributed by atoms with Crippen LogP contribution in [0.15, 0.2) is 12.1 Å². The maximum Gasteiger partial charge on any atom is 0.251 e. The van der Waals surface area contributed by atoms with Crippen LogP contribution >= 0.6 is 0 Å². The van der Waals surface area contributed by atoms with Crippen molar-refractivity contribution in [3.63, 3.8) is 0 Å². The van der Waals surface area contributed by atoms with Crippen LogP contribution < -0.4 is 16.6 Å². The van der Waals surface area contributed by atoms with Gasteiger partial charge in [-0.25, -0.2) is 10.8 Å². The van der Waals surface area contributed by atoms with Crippen LogP contribution in [0.2, 0.25) is 0 Å². The number of nitrogens with two attached hydrogens (primary N) is 1. The minimum absolute atomic E-state index is 0.0387. The third-order valence-electron chi connectivity index (χ3n) is 3.52. The number of hydrogen-bond acceptors (Lipinski definition) is 4. The maximum atomic E-state index is 12.2. The zero-order valence-corrected chi connectivity index (χ0v) is 10.9. The Bertz CT molecular complexity index is 432. The van der Waals surface area contributed by atoms with Crippen molar-refractivity contribution in [2.24, 2.45) is 5.84 Å². The molecule has 0 radical (unpaired) electrons. The third-order valence-corrected chi connectivity index (χ3v) is 3.52. The summed E-state index contributed by atoms with van der Waals surface area (Å²) in [6, 6.07) is 3.49. The second kappa shape index (κ2) is 4.94. The fourth-order valence-electron chi connectivity index (χ4n) is 2.15. The number of aryl methyl sites for hydroxylation is 1. The number of nitrogens with one attached hydrogen (secondary N) is 2. The summed E-state index contributed by atoms with van der Waals surface area (Å²) >= 11 is 0. The molecule has 0 aliphatic heterocycles. The molecule has 0 spiro atoms. The molecule has 4 N–H and O–H groups in total. The van der Waals surface area contributed by atoms with Crippen LogP contribution in [0.1, 0.15) is 49.2 Å². The lowest BCUT2D eigenvalue weighted by Crippen LogP contribution is -2.50. The number of carbonyl (C=O) groups excluding carboxylic acids is 1. The number of carbonyl (C=O) groups is 1. The van der Waals surface area contributed by atoms with E-state index in [1.807, 2.05) is 13.0 Å². The van der Waals surface area contributed by atoms with E-state index < -0.39 is 0 Å². The van der Waals surface area contributed by atoms with Crippen molar-refractivity contribution in [1.29, 1.82) is 0 Å². The highest BCUT2D eigenvalue weighted by Crippen LogP contribution is 2.31. The van der Waals surface area contributed by atoms with Gasteiger partial charge < -0.3 is 10.7 Å². The Hall–Kier alpha value is -1.62. The molecule has 1 aromatic heterocycles. The van der Waals surface area contributed by atoms with E-state index in [0.717, 1.165) is 25.0 Å². The van der Waals surface area contributed by atoms with E-state index in [0.29, 0.717) is 11.4 Å². The molecule has 1 aromatic rings. The van der Waals surface area contributed by atoms with E-state index in [9.17, 15) is 4.79 Å². The van der Waals surface area contributed by atoms with Gasteiger partial charge in [0.1, 0.15) is 5.82 Å². The Morgan fingerprint density at radius 1 is 1.50 bits per heavy atom. The standard InChI is InChI=1S/C13H20N4O/c1-3-10-7-9(8-11(15-10)17-14)12(18)16-13(2)5-4-6-13/h7-8H,3-6,14H2,1-2H3,(H,15,17)(H,16,18). The number of hydrazine groups is 1. The second-order valence-electron chi connectivity index (χ2n) is 5.10. The second-order valence-corrected chi connectivity index (χ2v) is 5.10. The van der Waals surface area contributed by atoms with Gasteiger partial charge in [-0.3, -0.25) is 4.79 Å². The number of amides is 1. The first kappa shape index (κ1) is 12.8. The minimum atomic E-state index is -0.0502. The van der Waals surface area contributed by atoms with Crippen LogP contribution in [-0.4, -0.2) is 16.4 Å². The van der Waals surface area contributed by atoms with Gasteiger partial charge in [-0.15, -0.1) is 0 Å². The number of hydrogen-bond donors (Lipinski definition) is 3. The quantitative estimate of drug-likeness (QED) is 0.558. The molecule has 5 nitrogen and oxygen atoms in total. The first-order chi connectivity index (χ1) is 8.56. The van der Waals surface area contributed by atoms with E-state index in [4.69, 9.17) is 5.84 Å². The van der Waals surface area contributed by atoms with Gasteiger partial charge in [0.15, 0.2) is 0 Å². The molecule has 2 rings (SSSR count). The normalized spacial score (nSPS) is 16.8. The van der Waals surface area contributed by atoms with Gasteiger partial charge in [0.2, 0.25) is 0 Å². The van der Waals surface area contributed by atoms with Crippen molar-refractivity contribution in [3.05, 3.63) is 23.4 Å². The largest absolute Gasteiger partial charge is 0.347 e. The Balaban J connectivity index is 2.18. The summed E-state index contributed by atoms with van der Waals surface area (Å²) in [6.07, 6.45) is 4.05. The lowest BCUT2D eigenvalue weighted by atomic mass is 9.78. The molecular weight excluding hydrogens is 228 g/mol. The molecule has 0 aromatic carbocycles. The molecule has 0 saturated heterocycles. The predicted molar refractivity (Wildman–Crippen MR) is 71.1 cm³/mol. The summed E-state index contributed by atoms with van der Waals surface area (Å²) in [5, 5.41) is 3.08. The average molecular weight is 248 g/mol. The summed E-state index contributed by atoms with van der Waals surface area (Å²) in [5.41, 5.74) is 3.93. The first-order valence-electron chi connectivity index (χ1n) is 6.36. The topological polar surface area (TPSA) is 80.0 Å². The number of nitrogen functional groups attached to an aromatic ring is 1. The Labute approximate surface area is 107 Å².